The highest BCUT2D eigenvalue weighted by atomic mass is 79.9. The molecule has 0 amide bonds. The maximum Gasteiger partial charge on any atom is 0.254 e. The number of nitrogens with zero attached hydrogens (tertiary/aromatic N) is 4. The van der Waals surface area contributed by atoms with Gasteiger partial charge < -0.3 is 9.47 Å². The molecule has 23 heavy (non-hydrogen) atoms. The molecule has 0 radical (unpaired) electrons. The van der Waals surface area contributed by atoms with Crippen LogP contribution in [0.1, 0.15) is 0 Å². The lowest BCUT2D eigenvalue weighted by molar-refractivity contribution is 0.103. The van der Waals surface area contributed by atoms with Crippen LogP contribution in [0.5, 0.6) is 0 Å². The Labute approximate surface area is 147 Å². The van der Waals surface area contributed by atoms with Gasteiger partial charge in [0.2, 0.25) is 4.73 Å². The third-order valence-corrected chi connectivity index (χ3v) is 3.46. The molecule has 122 valence electrons. The Morgan fingerprint density at radius 2 is 1.74 bits per heavy atom. The molecule has 0 aliphatic carbocycles. The van der Waals surface area contributed by atoms with Gasteiger partial charge in [-0.15, -0.1) is 5.10 Å². The molecular weight excluding hydrogens is 384 g/mol. The van der Waals surface area contributed by atoms with Crippen LogP contribution in [0.4, 0.5) is 0 Å². The molecule has 2 aromatic heterocycles. The highest BCUT2D eigenvalue weighted by molar-refractivity contribution is 9.10. The second kappa shape index (κ2) is 8.93. The van der Waals surface area contributed by atoms with Gasteiger partial charge in [0.05, 0.1) is 13.2 Å². The summed E-state index contributed by atoms with van der Waals surface area (Å²) < 4.78 is 11.4. The Kier molecular flexibility index (Phi) is 6.91. The molecule has 2 heterocycles. The normalized spacial score (nSPS) is 10.4. The third-order valence-electron chi connectivity index (χ3n) is 2.84. The van der Waals surface area contributed by atoms with Crippen molar-refractivity contribution in [3.63, 3.8) is 0 Å². The zero-order chi connectivity index (χ0) is 16.7. The van der Waals surface area contributed by atoms with Gasteiger partial charge in [0.1, 0.15) is 5.15 Å². The van der Waals surface area contributed by atoms with Crippen molar-refractivity contribution in [1.82, 2.24) is 19.6 Å². The van der Waals surface area contributed by atoms with E-state index in [-0.39, 0.29) is 0 Å². The molecule has 8 heteroatoms. The van der Waals surface area contributed by atoms with E-state index in [2.05, 4.69) is 40.5 Å². The fourth-order valence-electron chi connectivity index (χ4n) is 1.75. The number of aromatic nitrogens is 4. The summed E-state index contributed by atoms with van der Waals surface area (Å²) >= 11 is 9.34. The largest absolute Gasteiger partial charge is 0.382 e. The average Bonchev–Trinajstić information content (AvgIpc) is 2.92. The first-order valence-corrected chi connectivity index (χ1v) is 7.94. The molecule has 3 aromatic rings. The summed E-state index contributed by atoms with van der Waals surface area (Å²) in [5, 5.41) is 4.56. The van der Waals surface area contributed by atoms with E-state index < -0.39 is 0 Å². The summed E-state index contributed by atoms with van der Waals surface area (Å²) in [6.07, 6.45) is 1.82. The van der Waals surface area contributed by atoms with Crippen molar-refractivity contribution in [3.05, 3.63) is 46.4 Å². The number of hydrogen-bond donors (Lipinski definition) is 0. The highest BCUT2D eigenvalue weighted by Gasteiger charge is 2.09. The summed E-state index contributed by atoms with van der Waals surface area (Å²) in [5.41, 5.74) is 1.83. The van der Waals surface area contributed by atoms with Crippen molar-refractivity contribution in [3.8, 4) is 11.1 Å². The van der Waals surface area contributed by atoms with Gasteiger partial charge in [-0.25, -0.2) is 4.52 Å². The van der Waals surface area contributed by atoms with Gasteiger partial charge in [0, 0.05) is 26.0 Å². The molecule has 0 saturated carbocycles. The lowest BCUT2D eigenvalue weighted by atomic mass is 10.1. The number of ether oxygens (including phenoxy) is 2. The van der Waals surface area contributed by atoms with Gasteiger partial charge in [-0.1, -0.05) is 41.9 Å². The van der Waals surface area contributed by atoms with Crippen LogP contribution in [0.15, 0.2) is 41.3 Å². The number of fused-ring (bicyclic) bond motifs is 1. The van der Waals surface area contributed by atoms with E-state index >= 15 is 0 Å². The molecular formula is C15H16BrClN4O2. The Morgan fingerprint density at radius 1 is 1.09 bits per heavy atom. The first-order valence-electron chi connectivity index (χ1n) is 6.77. The summed E-state index contributed by atoms with van der Waals surface area (Å²) in [6, 6.07) is 9.80. The zero-order valence-corrected chi connectivity index (χ0v) is 15.1. The lowest BCUT2D eigenvalue weighted by Crippen LogP contribution is -1.96. The van der Waals surface area contributed by atoms with E-state index in [1.54, 1.807) is 18.7 Å². The number of rotatable bonds is 4. The van der Waals surface area contributed by atoms with Crippen LogP contribution in [-0.2, 0) is 9.47 Å². The molecule has 0 saturated heterocycles. The van der Waals surface area contributed by atoms with E-state index in [1.807, 2.05) is 36.5 Å². The van der Waals surface area contributed by atoms with Gasteiger partial charge in [0.25, 0.3) is 5.78 Å². The quantitative estimate of drug-likeness (QED) is 0.496. The van der Waals surface area contributed by atoms with Crippen molar-refractivity contribution < 1.29 is 9.47 Å². The third kappa shape index (κ3) is 4.97. The van der Waals surface area contributed by atoms with E-state index in [4.69, 9.17) is 11.6 Å². The summed E-state index contributed by atoms with van der Waals surface area (Å²) in [7, 11) is 3.30. The average molecular weight is 400 g/mol. The Hall–Kier alpha value is -1.54. The van der Waals surface area contributed by atoms with Gasteiger partial charge in [-0.3, -0.25) is 0 Å². The molecule has 1 aromatic carbocycles. The standard InChI is InChI=1S/C11H6BrClN4.C4H10O2/c12-10-15-11-14-9(13)8(6-17(11)16-10)7-4-2-1-3-5-7;1-5-3-4-6-2/h1-6H;3-4H2,1-2H3. The summed E-state index contributed by atoms with van der Waals surface area (Å²) in [4.78, 5) is 8.28. The highest BCUT2D eigenvalue weighted by Crippen LogP contribution is 2.26. The minimum atomic E-state index is 0.420. The topological polar surface area (TPSA) is 61.5 Å². The van der Waals surface area contributed by atoms with Crippen LogP contribution < -0.4 is 0 Å². The fourth-order valence-corrected chi connectivity index (χ4v) is 2.32. The molecule has 0 bridgehead atoms. The van der Waals surface area contributed by atoms with Crippen molar-refractivity contribution >= 4 is 33.3 Å². The lowest BCUT2D eigenvalue weighted by Gasteiger charge is -2.03. The minimum absolute atomic E-state index is 0.420. The van der Waals surface area contributed by atoms with Gasteiger partial charge in [0.15, 0.2) is 0 Å². The molecule has 0 N–H and O–H groups in total. The number of halogens is 2. The molecule has 0 unspecified atom stereocenters. The second-order valence-electron chi connectivity index (χ2n) is 4.42. The SMILES string of the molecule is COCCOC.Clc1nc2nc(Br)nn2cc1-c1ccccc1. The Morgan fingerprint density at radius 3 is 2.35 bits per heavy atom. The molecule has 0 aliphatic rings. The predicted octanol–water partition coefficient (Wildman–Crippen LogP) is 3.49. The molecule has 0 fully saturated rings. The minimum Gasteiger partial charge on any atom is -0.382 e. The molecule has 0 aliphatic heterocycles. The van der Waals surface area contributed by atoms with Crippen molar-refractivity contribution in [1.29, 1.82) is 0 Å². The van der Waals surface area contributed by atoms with Crippen LogP contribution >= 0.6 is 27.5 Å². The summed E-state index contributed by atoms with van der Waals surface area (Å²) in [5.74, 6) is 0.474. The molecule has 6 nitrogen and oxygen atoms in total. The van der Waals surface area contributed by atoms with Crippen molar-refractivity contribution in [2.24, 2.45) is 0 Å². The van der Waals surface area contributed by atoms with Crippen molar-refractivity contribution in [2.45, 2.75) is 0 Å². The first-order chi connectivity index (χ1) is 11.2. The summed E-state index contributed by atoms with van der Waals surface area (Å²) in [6.45, 7) is 1.38. The van der Waals surface area contributed by atoms with Crippen LogP contribution in [0.3, 0.4) is 0 Å². The van der Waals surface area contributed by atoms with Crippen LogP contribution in [0.2, 0.25) is 5.15 Å². The maximum absolute atomic E-state index is 6.14. The van der Waals surface area contributed by atoms with Gasteiger partial charge in [-0.05, 0) is 21.5 Å². The Bertz CT molecular complexity index is 748. The number of methoxy groups -OCH3 is 2. The predicted molar refractivity (Wildman–Crippen MR) is 92.7 cm³/mol. The van der Waals surface area contributed by atoms with Crippen molar-refractivity contribution in [2.75, 3.05) is 27.4 Å². The van der Waals surface area contributed by atoms with Crippen LogP contribution in [-0.4, -0.2) is 47.0 Å². The second-order valence-corrected chi connectivity index (χ2v) is 5.49. The first kappa shape index (κ1) is 17.8. The van der Waals surface area contributed by atoms with E-state index in [0.29, 0.717) is 28.9 Å². The van der Waals surface area contributed by atoms with E-state index in [1.165, 1.54) is 0 Å². The maximum atomic E-state index is 6.14. The molecule has 3 rings (SSSR count). The van der Waals surface area contributed by atoms with Gasteiger partial charge >= 0.3 is 0 Å². The number of benzene rings is 1. The van der Waals surface area contributed by atoms with E-state index in [9.17, 15) is 0 Å². The Balaban J connectivity index is 0.000000277. The van der Waals surface area contributed by atoms with Gasteiger partial charge in [-0.2, -0.15) is 9.97 Å². The monoisotopic (exact) mass is 398 g/mol. The number of hydrogen-bond acceptors (Lipinski definition) is 5. The smallest absolute Gasteiger partial charge is 0.254 e. The van der Waals surface area contributed by atoms with Crippen LogP contribution in [0, 0.1) is 0 Å². The molecule has 0 atom stereocenters. The fraction of sp³-hybridized carbons (Fsp3) is 0.267. The zero-order valence-electron chi connectivity index (χ0n) is 12.7. The molecule has 0 spiro atoms. The van der Waals surface area contributed by atoms with E-state index in [0.717, 1.165) is 11.1 Å². The van der Waals surface area contributed by atoms with Crippen LogP contribution in [0.25, 0.3) is 16.9 Å².